The molecule has 5 nitrogen and oxygen atoms in total. The second-order valence-corrected chi connectivity index (χ2v) is 4.15. The molecule has 0 unspecified atom stereocenters. The lowest BCUT2D eigenvalue weighted by molar-refractivity contribution is 0.207. The van der Waals surface area contributed by atoms with Crippen LogP contribution in [0.15, 0.2) is 30.3 Å². The van der Waals surface area contributed by atoms with Crippen molar-refractivity contribution in [1.82, 2.24) is 9.78 Å². The number of rotatable bonds is 6. The van der Waals surface area contributed by atoms with Crippen LogP contribution < -0.4 is 15.2 Å². The van der Waals surface area contributed by atoms with Gasteiger partial charge in [0.05, 0.1) is 5.69 Å². The molecule has 0 amide bonds. The number of nitrogens with zero attached hydrogens (tertiary/aromatic N) is 2. The van der Waals surface area contributed by atoms with E-state index in [1.807, 2.05) is 44.3 Å². The lowest BCUT2D eigenvalue weighted by Gasteiger charge is -2.08. The van der Waals surface area contributed by atoms with Crippen LogP contribution in [0, 0.1) is 0 Å². The zero-order chi connectivity index (χ0) is 13.7. The number of para-hydroxylation sites is 1. The second kappa shape index (κ2) is 6.13. The number of anilines is 1. The van der Waals surface area contributed by atoms with Crippen LogP contribution in [-0.4, -0.2) is 23.0 Å². The lowest BCUT2D eigenvalue weighted by Crippen LogP contribution is -2.11. The summed E-state index contributed by atoms with van der Waals surface area (Å²) in [5.74, 6) is 1.44. The van der Waals surface area contributed by atoms with Crippen LogP contribution in [0.1, 0.15) is 12.6 Å². The van der Waals surface area contributed by atoms with Gasteiger partial charge in [0.25, 0.3) is 0 Å². The summed E-state index contributed by atoms with van der Waals surface area (Å²) >= 11 is 0. The van der Waals surface area contributed by atoms with Crippen LogP contribution in [0.5, 0.6) is 11.6 Å². The topological polar surface area (TPSA) is 62.3 Å². The van der Waals surface area contributed by atoms with E-state index in [9.17, 15) is 0 Å². The van der Waals surface area contributed by atoms with Gasteiger partial charge >= 0.3 is 0 Å². The number of nitrogen functional groups attached to an aromatic ring is 1. The van der Waals surface area contributed by atoms with Crippen LogP contribution in [0.2, 0.25) is 0 Å². The molecule has 5 heteroatoms. The molecule has 19 heavy (non-hydrogen) atoms. The largest absolute Gasteiger partial charge is 0.490 e. The highest BCUT2D eigenvalue weighted by atomic mass is 16.5. The van der Waals surface area contributed by atoms with Crippen molar-refractivity contribution < 1.29 is 9.47 Å². The third kappa shape index (κ3) is 3.19. The molecule has 0 spiro atoms. The van der Waals surface area contributed by atoms with Crippen molar-refractivity contribution in [3.8, 4) is 11.6 Å². The van der Waals surface area contributed by atoms with E-state index in [2.05, 4.69) is 5.10 Å². The Kier molecular flexibility index (Phi) is 4.28. The van der Waals surface area contributed by atoms with E-state index in [4.69, 9.17) is 15.2 Å². The third-order valence-electron chi connectivity index (χ3n) is 2.77. The Bertz CT molecular complexity index is 523. The fraction of sp³-hybridized carbons (Fsp3) is 0.357. The van der Waals surface area contributed by atoms with E-state index in [0.29, 0.717) is 24.8 Å². The van der Waals surface area contributed by atoms with Crippen molar-refractivity contribution in [1.29, 1.82) is 0 Å². The van der Waals surface area contributed by atoms with Gasteiger partial charge in [0.1, 0.15) is 24.7 Å². The van der Waals surface area contributed by atoms with Gasteiger partial charge in [-0.15, -0.1) is 0 Å². The smallest absolute Gasteiger partial charge is 0.235 e. The van der Waals surface area contributed by atoms with Crippen molar-refractivity contribution in [3.05, 3.63) is 36.0 Å². The molecular formula is C14H19N3O2. The molecule has 2 rings (SSSR count). The Morgan fingerprint density at radius 1 is 1.16 bits per heavy atom. The quantitative estimate of drug-likeness (QED) is 0.808. The van der Waals surface area contributed by atoms with Crippen molar-refractivity contribution in [2.75, 3.05) is 18.9 Å². The molecule has 0 saturated carbocycles. The standard InChI is InChI=1S/C14H19N3O2/c1-3-12-13(15)14(17(2)16-12)19-10-9-18-11-7-5-4-6-8-11/h4-8H,3,9-10,15H2,1-2H3. The maximum atomic E-state index is 5.96. The molecule has 0 atom stereocenters. The number of hydrogen-bond acceptors (Lipinski definition) is 4. The van der Waals surface area contributed by atoms with Gasteiger partial charge in [0.2, 0.25) is 5.88 Å². The van der Waals surface area contributed by atoms with Crippen LogP contribution in [0.3, 0.4) is 0 Å². The first kappa shape index (κ1) is 13.3. The molecule has 0 aliphatic rings. The number of aromatic nitrogens is 2. The predicted octanol–water partition coefficient (Wildman–Crippen LogP) is 2.02. The highest BCUT2D eigenvalue weighted by Gasteiger charge is 2.12. The van der Waals surface area contributed by atoms with E-state index in [1.54, 1.807) is 4.68 Å². The summed E-state index contributed by atoms with van der Waals surface area (Å²) in [4.78, 5) is 0. The average Bonchev–Trinajstić information content (AvgIpc) is 2.71. The monoisotopic (exact) mass is 261 g/mol. The SMILES string of the molecule is CCc1nn(C)c(OCCOc2ccccc2)c1N. The molecule has 0 radical (unpaired) electrons. The molecular weight excluding hydrogens is 242 g/mol. The van der Waals surface area contributed by atoms with Crippen molar-refractivity contribution >= 4 is 5.69 Å². The maximum absolute atomic E-state index is 5.96. The first-order valence-electron chi connectivity index (χ1n) is 6.34. The minimum absolute atomic E-state index is 0.432. The van der Waals surface area contributed by atoms with E-state index in [-0.39, 0.29) is 0 Å². The summed E-state index contributed by atoms with van der Waals surface area (Å²) in [6.07, 6.45) is 0.795. The van der Waals surface area contributed by atoms with Gasteiger partial charge in [-0.2, -0.15) is 5.10 Å². The predicted molar refractivity (Wildman–Crippen MR) is 74.4 cm³/mol. The van der Waals surface area contributed by atoms with Crippen molar-refractivity contribution in [2.45, 2.75) is 13.3 Å². The van der Waals surface area contributed by atoms with Gasteiger partial charge < -0.3 is 15.2 Å². The first-order valence-corrected chi connectivity index (χ1v) is 6.34. The molecule has 0 aliphatic heterocycles. The summed E-state index contributed by atoms with van der Waals surface area (Å²) in [5, 5.41) is 4.29. The molecule has 1 aromatic carbocycles. The highest BCUT2D eigenvalue weighted by Crippen LogP contribution is 2.24. The Hall–Kier alpha value is -2.17. The first-order chi connectivity index (χ1) is 9.22. The number of hydrogen-bond donors (Lipinski definition) is 1. The van der Waals surface area contributed by atoms with Crippen molar-refractivity contribution in [2.24, 2.45) is 7.05 Å². The number of benzene rings is 1. The summed E-state index contributed by atoms with van der Waals surface area (Å²) in [7, 11) is 1.82. The van der Waals surface area contributed by atoms with Crippen LogP contribution >= 0.6 is 0 Å². The minimum atomic E-state index is 0.432. The fourth-order valence-corrected chi connectivity index (χ4v) is 1.83. The molecule has 0 bridgehead atoms. The van der Waals surface area contributed by atoms with Gasteiger partial charge in [-0.25, -0.2) is 4.68 Å². The Morgan fingerprint density at radius 3 is 2.47 bits per heavy atom. The number of nitrogens with two attached hydrogens (primary N) is 1. The molecule has 2 N–H and O–H groups in total. The highest BCUT2D eigenvalue weighted by molar-refractivity contribution is 5.53. The van der Waals surface area contributed by atoms with E-state index in [0.717, 1.165) is 17.9 Å². The van der Waals surface area contributed by atoms with Gasteiger partial charge in [-0.05, 0) is 18.6 Å². The second-order valence-electron chi connectivity index (χ2n) is 4.15. The molecule has 102 valence electrons. The Labute approximate surface area is 112 Å². The van der Waals surface area contributed by atoms with Crippen LogP contribution in [0.4, 0.5) is 5.69 Å². The normalized spacial score (nSPS) is 10.4. The summed E-state index contributed by atoms with van der Waals surface area (Å²) in [6.45, 7) is 2.92. The number of ether oxygens (including phenoxy) is 2. The minimum Gasteiger partial charge on any atom is -0.490 e. The Morgan fingerprint density at radius 2 is 1.84 bits per heavy atom. The van der Waals surface area contributed by atoms with Gasteiger partial charge in [-0.3, -0.25) is 0 Å². The van der Waals surface area contributed by atoms with Crippen LogP contribution in [0.25, 0.3) is 0 Å². The average molecular weight is 261 g/mol. The molecule has 2 aromatic rings. The maximum Gasteiger partial charge on any atom is 0.235 e. The summed E-state index contributed by atoms with van der Waals surface area (Å²) in [6, 6.07) is 9.64. The molecule has 1 aromatic heterocycles. The van der Waals surface area contributed by atoms with Gasteiger partial charge in [-0.1, -0.05) is 25.1 Å². The molecule has 1 heterocycles. The fourth-order valence-electron chi connectivity index (χ4n) is 1.83. The molecule has 0 fully saturated rings. The molecule has 0 aliphatic carbocycles. The lowest BCUT2D eigenvalue weighted by atomic mass is 10.3. The Balaban J connectivity index is 1.85. The van der Waals surface area contributed by atoms with E-state index >= 15 is 0 Å². The zero-order valence-corrected chi connectivity index (χ0v) is 11.3. The number of aryl methyl sites for hydroxylation is 2. The zero-order valence-electron chi connectivity index (χ0n) is 11.3. The van der Waals surface area contributed by atoms with Crippen LogP contribution in [-0.2, 0) is 13.5 Å². The molecule has 0 saturated heterocycles. The van der Waals surface area contributed by atoms with Gasteiger partial charge in [0.15, 0.2) is 0 Å². The van der Waals surface area contributed by atoms with E-state index in [1.165, 1.54) is 0 Å². The van der Waals surface area contributed by atoms with Crippen molar-refractivity contribution in [3.63, 3.8) is 0 Å². The van der Waals surface area contributed by atoms with Gasteiger partial charge in [0, 0.05) is 7.05 Å². The summed E-state index contributed by atoms with van der Waals surface area (Å²) < 4.78 is 12.8. The summed E-state index contributed by atoms with van der Waals surface area (Å²) in [5.41, 5.74) is 7.44. The van der Waals surface area contributed by atoms with E-state index < -0.39 is 0 Å². The third-order valence-corrected chi connectivity index (χ3v) is 2.77.